The molecule has 1 N–H and O–H groups in total. The fourth-order valence-electron chi connectivity index (χ4n) is 3.61. The van der Waals surface area contributed by atoms with Gasteiger partial charge in [0.2, 0.25) is 0 Å². The number of carbonyl (C=O) groups is 1. The molecule has 0 saturated carbocycles. The Morgan fingerprint density at radius 1 is 1.14 bits per heavy atom. The van der Waals surface area contributed by atoms with Crippen LogP contribution in [0.25, 0.3) is 11.0 Å². The van der Waals surface area contributed by atoms with E-state index in [-0.39, 0.29) is 11.9 Å². The van der Waals surface area contributed by atoms with Crippen LogP contribution in [-0.4, -0.2) is 43.7 Å². The molecule has 1 aliphatic heterocycles. The topological polar surface area (TPSA) is 54.7 Å². The molecule has 1 aromatic heterocycles. The van der Waals surface area contributed by atoms with E-state index in [4.69, 9.17) is 20.8 Å². The minimum Gasteiger partial charge on any atom is -0.449 e. The van der Waals surface area contributed by atoms with Gasteiger partial charge in [-0.2, -0.15) is 0 Å². The predicted molar refractivity (Wildman–Crippen MR) is 110 cm³/mol. The molecule has 1 saturated heterocycles. The Kier molecular flexibility index (Phi) is 5.67. The second-order valence-corrected chi connectivity index (χ2v) is 7.43. The van der Waals surface area contributed by atoms with Gasteiger partial charge in [-0.15, -0.1) is 0 Å². The predicted octanol–water partition coefficient (Wildman–Crippen LogP) is 4.20. The van der Waals surface area contributed by atoms with Crippen molar-refractivity contribution in [3.05, 3.63) is 70.4 Å². The van der Waals surface area contributed by atoms with E-state index in [1.54, 1.807) is 6.07 Å². The van der Waals surface area contributed by atoms with E-state index in [0.29, 0.717) is 16.4 Å². The summed E-state index contributed by atoms with van der Waals surface area (Å²) >= 11 is 6.23. The number of rotatable bonds is 5. The maximum Gasteiger partial charge on any atom is 0.287 e. The summed E-state index contributed by atoms with van der Waals surface area (Å²) in [5.74, 6) is 0.0814. The molecule has 2 heterocycles. The average Bonchev–Trinajstić information content (AvgIpc) is 3.07. The Bertz CT molecular complexity index is 965. The van der Waals surface area contributed by atoms with Gasteiger partial charge in [0.15, 0.2) is 11.3 Å². The third-order valence-electron chi connectivity index (χ3n) is 5.17. The molecule has 0 bridgehead atoms. The monoisotopic (exact) mass is 398 g/mol. The summed E-state index contributed by atoms with van der Waals surface area (Å²) in [5, 5.41) is 4.53. The van der Waals surface area contributed by atoms with E-state index in [2.05, 4.69) is 10.2 Å². The van der Waals surface area contributed by atoms with Gasteiger partial charge >= 0.3 is 0 Å². The highest BCUT2D eigenvalue weighted by Gasteiger charge is 2.24. The first-order valence-corrected chi connectivity index (χ1v) is 9.85. The highest BCUT2D eigenvalue weighted by atomic mass is 35.5. The lowest BCUT2D eigenvalue weighted by atomic mass is 10.1. The second kappa shape index (κ2) is 8.35. The van der Waals surface area contributed by atoms with Crippen LogP contribution in [0, 0.1) is 6.92 Å². The molecule has 4 rings (SSSR count). The zero-order chi connectivity index (χ0) is 19.5. The van der Waals surface area contributed by atoms with Gasteiger partial charge in [0.25, 0.3) is 5.91 Å². The van der Waals surface area contributed by atoms with Gasteiger partial charge in [0.1, 0.15) is 0 Å². The first-order valence-electron chi connectivity index (χ1n) is 9.47. The van der Waals surface area contributed by atoms with Crippen molar-refractivity contribution in [2.45, 2.75) is 13.0 Å². The zero-order valence-corrected chi connectivity index (χ0v) is 16.5. The highest BCUT2D eigenvalue weighted by Crippen LogP contribution is 2.31. The average molecular weight is 399 g/mol. The number of para-hydroxylation sites is 1. The van der Waals surface area contributed by atoms with Crippen LogP contribution in [0.5, 0.6) is 0 Å². The maximum absolute atomic E-state index is 13.1. The molecule has 1 unspecified atom stereocenters. The third-order valence-corrected chi connectivity index (χ3v) is 5.47. The van der Waals surface area contributed by atoms with Gasteiger partial charge in [0, 0.05) is 30.6 Å². The molecule has 1 amide bonds. The zero-order valence-electron chi connectivity index (χ0n) is 15.8. The van der Waals surface area contributed by atoms with Crippen molar-refractivity contribution in [1.82, 2.24) is 10.2 Å². The first kappa shape index (κ1) is 19.0. The number of nitrogens with one attached hydrogen (secondary N) is 1. The van der Waals surface area contributed by atoms with Crippen molar-refractivity contribution < 1.29 is 13.9 Å². The number of aryl methyl sites for hydroxylation is 1. The molecule has 0 aliphatic carbocycles. The van der Waals surface area contributed by atoms with Gasteiger partial charge in [-0.05, 0) is 18.6 Å². The lowest BCUT2D eigenvalue weighted by Gasteiger charge is -2.31. The quantitative estimate of drug-likeness (QED) is 0.699. The molecule has 146 valence electrons. The Morgan fingerprint density at radius 3 is 2.61 bits per heavy atom. The van der Waals surface area contributed by atoms with Gasteiger partial charge < -0.3 is 14.5 Å². The number of benzene rings is 2. The fraction of sp³-hybridized carbons (Fsp3) is 0.318. The normalized spacial score (nSPS) is 16.2. The molecule has 5 nitrogen and oxygen atoms in total. The molecule has 0 radical (unpaired) electrons. The number of ether oxygens (including phenoxy) is 1. The van der Waals surface area contributed by atoms with Crippen LogP contribution < -0.4 is 5.32 Å². The van der Waals surface area contributed by atoms with Crippen molar-refractivity contribution in [2.75, 3.05) is 32.8 Å². The summed E-state index contributed by atoms with van der Waals surface area (Å²) in [6.07, 6.45) is 0. The maximum atomic E-state index is 13.1. The summed E-state index contributed by atoms with van der Waals surface area (Å²) in [7, 11) is 0. The molecular weight excluding hydrogens is 376 g/mol. The van der Waals surface area contributed by atoms with Crippen molar-refractivity contribution in [1.29, 1.82) is 0 Å². The number of fused-ring (bicyclic) bond motifs is 1. The minimum atomic E-state index is -0.230. The summed E-state index contributed by atoms with van der Waals surface area (Å²) < 4.78 is 11.3. The second-order valence-electron chi connectivity index (χ2n) is 7.02. The molecular formula is C22H23ClN2O3. The lowest BCUT2D eigenvalue weighted by molar-refractivity contribution is 0.0331. The molecule has 6 heteroatoms. The number of carbonyl (C=O) groups excluding carboxylic acids is 1. The van der Waals surface area contributed by atoms with Crippen LogP contribution in [-0.2, 0) is 4.74 Å². The lowest BCUT2D eigenvalue weighted by Crippen LogP contribution is -2.43. The minimum absolute atomic E-state index is 0.144. The largest absolute Gasteiger partial charge is 0.449 e. The van der Waals surface area contributed by atoms with E-state index < -0.39 is 0 Å². The first-order chi connectivity index (χ1) is 13.6. The van der Waals surface area contributed by atoms with Crippen LogP contribution in [0.4, 0.5) is 0 Å². The fourth-order valence-corrected chi connectivity index (χ4v) is 3.82. The van der Waals surface area contributed by atoms with Crippen LogP contribution in [0.3, 0.4) is 0 Å². The number of furan rings is 1. The van der Waals surface area contributed by atoms with Crippen LogP contribution in [0.15, 0.2) is 52.9 Å². The summed E-state index contributed by atoms with van der Waals surface area (Å²) in [6.45, 7) is 5.76. The van der Waals surface area contributed by atoms with Crippen molar-refractivity contribution in [2.24, 2.45) is 0 Å². The molecule has 1 fully saturated rings. The highest BCUT2D eigenvalue weighted by molar-refractivity contribution is 6.35. The van der Waals surface area contributed by atoms with Gasteiger partial charge in [-0.25, -0.2) is 0 Å². The number of morpholine rings is 1. The van der Waals surface area contributed by atoms with Crippen molar-refractivity contribution in [3.8, 4) is 0 Å². The Labute approximate surface area is 169 Å². The number of halogens is 1. The van der Waals surface area contributed by atoms with Crippen LogP contribution in [0.2, 0.25) is 5.02 Å². The van der Waals surface area contributed by atoms with Crippen molar-refractivity contribution >= 4 is 28.5 Å². The van der Waals surface area contributed by atoms with Crippen molar-refractivity contribution in [3.63, 3.8) is 0 Å². The smallest absolute Gasteiger partial charge is 0.287 e. The number of amides is 1. The SMILES string of the molecule is Cc1c(C(=O)NC(CN2CCOCC2)c2ccccc2)oc2c(Cl)cccc12. The van der Waals surface area contributed by atoms with Crippen LogP contribution in [0.1, 0.15) is 27.7 Å². The Hall–Kier alpha value is -2.34. The Morgan fingerprint density at radius 2 is 1.89 bits per heavy atom. The number of hydrogen-bond acceptors (Lipinski definition) is 4. The third kappa shape index (κ3) is 3.92. The number of hydrogen-bond donors (Lipinski definition) is 1. The van der Waals surface area contributed by atoms with E-state index in [9.17, 15) is 4.79 Å². The summed E-state index contributed by atoms with van der Waals surface area (Å²) in [6, 6.07) is 15.4. The Balaban J connectivity index is 1.60. The molecule has 28 heavy (non-hydrogen) atoms. The van der Waals surface area contributed by atoms with Gasteiger partial charge in [-0.1, -0.05) is 54.1 Å². The summed E-state index contributed by atoms with van der Waals surface area (Å²) in [4.78, 5) is 15.4. The van der Waals surface area contributed by atoms with Gasteiger partial charge in [-0.3, -0.25) is 9.69 Å². The molecule has 3 aromatic rings. The summed E-state index contributed by atoms with van der Waals surface area (Å²) in [5.41, 5.74) is 2.42. The molecule has 1 atom stereocenters. The standard InChI is InChI=1S/C22H23ClN2O3/c1-15-17-8-5-9-18(23)21(17)28-20(15)22(26)24-19(16-6-3-2-4-7-16)14-25-10-12-27-13-11-25/h2-9,19H,10-14H2,1H3,(H,24,26). The molecule has 0 spiro atoms. The molecule has 2 aromatic carbocycles. The van der Waals surface area contributed by atoms with E-state index in [1.165, 1.54) is 0 Å². The van der Waals surface area contributed by atoms with Gasteiger partial charge in [0.05, 0.1) is 24.3 Å². The number of nitrogens with zero attached hydrogens (tertiary/aromatic N) is 1. The van der Waals surface area contributed by atoms with E-state index in [1.807, 2.05) is 49.4 Å². The van der Waals surface area contributed by atoms with E-state index >= 15 is 0 Å². The molecule has 1 aliphatic rings. The van der Waals surface area contributed by atoms with Crippen LogP contribution >= 0.6 is 11.6 Å². The van der Waals surface area contributed by atoms with E-state index in [0.717, 1.165) is 49.4 Å².